The third kappa shape index (κ3) is 4.66. The van der Waals surface area contributed by atoms with Gasteiger partial charge in [0.05, 0.1) is 16.3 Å². The van der Waals surface area contributed by atoms with Gasteiger partial charge in [0, 0.05) is 38.5 Å². The van der Waals surface area contributed by atoms with Gasteiger partial charge in [0.15, 0.2) is 0 Å². The Morgan fingerprint density at radius 3 is 2.68 bits per heavy atom. The van der Waals surface area contributed by atoms with Gasteiger partial charge in [0.1, 0.15) is 11.4 Å². The number of nitro groups is 1. The summed E-state index contributed by atoms with van der Waals surface area (Å²) in [7, 11) is 1.90. The molecule has 0 unspecified atom stereocenters. The Labute approximate surface area is 180 Å². The summed E-state index contributed by atoms with van der Waals surface area (Å²) in [6, 6.07) is 11.7. The quantitative estimate of drug-likeness (QED) is 0.466. The summed E-state index contributed by atoms with van der Waals surface area (Å²) in [5.74, 6) is -0.253. The highest BCUT2D eigenvalue weighted by molar-refractivity contribution is 5.94. The van der Waals surface area contributed by atoms with E-state index >= 15 is 0 Å². The first kappa shape index (κ1) is 20.8. The van der Waals surface area contributed by atoms with E-state index in [1.54, 1.807) is 18.2 Å². The number of aryl methyl sites for hydroxylation is 1. The molecule has 1 saturated heterocycles. The highest BCUT2D eigenvalue weighted by Crippen LogP contribution is 2.24. The maximum absolute atomic E-state index is 13.0. The van der Waals surface area contributed by atoms with Gasteiger partial charge in [-0.2, -0.15) is 5.10 Å². The monoisotopic (exact) mass is 422 g/mol. The topological polar surface area (TPSA) is 98.2 Å². The molecule has 0 saturated carbocycles. The summed E-state index contributed by atoms with van der Waals surface area (Å²) in [6.07, 6.45) is 5.58. The van der Waals surface area contributed by atoms with Crippen LogP contribution in [0.4, 0.5) is 5.69 Å². The molecular weight excluding hydrogens is 396 g/mol. The van der Waals surface area contributed by atoms with Crippen LogP contribution in [0.1, 0.15) is 29.8 Å². The number of hydrogen-bond acceptors (Lipinski definition) is 5. The standard InChI is InChI=1S/C22H26N6O3/c1-25-11-6-9-20(25)19-16-21(22(29)23-10-14-26-12-3-2-4-13-26)27(24-19)17-7-5-8-18(15-17)28(30)31/h5-9,11,15-16H,2-4,10,12-14H2,1H3,(H,23,29). The number of non-ortho nitro benzene ring substituents is 1. The molecule has 0 bridgehead atoms. The first-order valence-corrected chi connectivity index (χ1v) is 10.5. The van der Waals surface area contributed by atoms with E-state index in [-0.39, 0.29) is 11.6 Å². The van der Waals surface area contributed by atoms with Crippen molar-refractivity contribution in [3.8, 4) is 17.1 Å². The number of nitro benzene ring substituents is 1. The van der Waals surface area contributed by atoms with Crippen LogP contribution in [0.25, 0.3) is 17.1 Å². The lowest BCUT2D eigenvalue weighted by atomic mass is 10.1. The molecule has 0 atom stereocenters. The Balaban J connectivity index is 1.61. The van der Waals surface area contributed by atoms with Crippen molar-refractivity contribution in [2.75, 3.05) is 26.2 Å². The van der Waals surface area contributed by atoms with Gasteiger partial charge < -0.3 is 14.8 Å². The van der Waals surface area contributed by atoms with E-state index in [1.807, 2.05) is 29.9 Å². The molecule has 3 heterocycles. The van der Waals surface area contributed by atoms with Crippen molar-refractivity contribution in [1.82, 2.24) is 24.6 Å². The van der Waals surface area contributed by atoms with Gasteiger partial charge in [-0.15, -0.1) is 0 Å². The van der Waals surface area contributed by atoms with E-state index in [0.717, 1.165) is 25.3 Å². The molecule has 1 fully saturated rings. The third-order valence-electron chi connectivity index (χ3n) is 5.60. The molecule has 1 aromatic carbocycles. The summed E-state index contributed by atoms with van der Waals surface area (Å²) in [4.78, 5) is 26.2. The van der Waals surface area contributed by atoms with E-state index < -0.39 is 4.92 Å². The maximum Gasteiger partial charge on any atom is 0.271 e. The van der Waals surface area contributed by atoms with E-state index in [9.17, 15) is 14.9 Å². The second kappa shape index (κ2) is 9.13. The van der Waals surface area contributed by atoms with Crippen LogP contribution in [0.2, 0.25) is 0 Å². The normalized spacial score (nSPS) is 14.5. The fourth-order valence-corrected chi connectivity index (χ4v) is 3.93. The minimum absolute atomic E-state index is 0.0510. The summed E-state index contributed by atoms with van der Waals surface area (Å²) in [5, 5.41) is 18.8. The van der Waals surface area contributed by atoms with Crippen molar-refractivity contribution in [3.05, 3.63) is 64.5 Å². The summed E-state index contributed by atoms with van der Waals surface area (Å²) < 4.78 is 3.39. The van der Waals surface area contributed by atoms with E-state index in [4.69, 9.17) is 0 Å². The van der Waals surface area contributed by atoms with Gasteiger partial charge in [0.2, 0.25) is 0 Å². The number of aromatic nitrogens is 3. The lowest BCUT2D eigenvalue weighted by Gasteiger charge is -2.26. The number of nitrogens with zero attached hydrogens (tertiary/aromatic N) is 5. The van der Waals surface area contributed by atoms with Crippen LogP contribution in [-0.2, 0) is 7.05 Å². The molecule has 4 rings (SSSR count). The zero-order valence-electron chi connectivity index (χ0n) is 17.5. The summed E-state index contributed by atoms with van der Waals surface area (Å²) in [6.45, 7) is 3.48. The Bertz CT molecular complexity index is 1080. The minimum atomic E-state index is -0.455. The predicted molar refractivity (Wildman–Crippen MR) is 117 cm³/mol. The number of nitrogens with one attached hydrogen (secondary N) is 1. The van der Waals surface area contributed by atoms with Gasteiger partial charge in [-0.05, 0) is 50.2 Å². The smallest absolute Gasteiger partial charge is 0.271 e. The number of carbonyl (C=O) groups excluding carboxylic acids is 1. The fraction of sp³-hybridized carbons (Fsp3) is 0.364. The Morgan fingerprint density at radius 1 is 1.16 bits per heavy atom. The van der Waals surface area contributed by atoms with Gasteiger partial charge in [-0.3, -0.25) is 14.9 Å². The van der Waals surface area contributed by atoms with Crippen molar-refractivity contribution < 1.29 is 9.72 Å². The average Bonchev–Trinajstić information content (AvgIpc) is 3.41. The number of amides is 1. The van der Waals surface area contributed by atoms with Gasteiger partial charge in [-0.25, -0.2) is 4.68 Å². The number of benzene rings is 1. The van der Waals surface area contributed by atoms with E-state index in [2.05, 4.69) is 15.3 Å². The molecule has 9 nitrogen and oxygen atoms in total. The van der Waals surface area contributed by atoms with Crippen LogP contribution < -0.4 is 5.32 Å². The molecule has 0 aliphatic carbocycles. The van der Waals surface area contributed by atoms with Crippen LogP contribution in [-0.4, -0.2) is 56.3 Å². The van der Waals surface area contributed by atoms with E-state index in [1.165, 1.54) is 36.1 Å². The number of hydrogen-bond donors (Lipinski definition) is 1. The molecule has 1 aliphatic heterocycles. The second-order valence-corrected chi connectivity index (χ2v) is 7.77. The van der Waals surface area contributed by atoms with Crippen molar-refractivity contribution in [3.63, 3.8) is 0 Å². The average molecular weight is 422 g/mol. The largest absolute Gasteiger partial charge is 0.349 e. The highest BCUT2D eigenvalue weighted by atomic mass is 16.6. The van der Waals surface area contributed by atoms with Gasteiger partial charge >= 0.3 is 0 Å². The van der Waals surface area contributed by atoms with Crippen molar-refractivity contribution in [2.24, 2.45) is 7.05 Å². The SMILES string of the molecule is Cn1cccc1-c1cc(C(=O)NCCN2CCCCC2)n(-c2cccc([N+](=O)[O-])c2)n1. The van der Waals surface area contributed by atoms with Crippen LogP contribution in [0.15, 0.2) is 48.7 Å². The first-order chi connectivity index (χ1) is 15.0. The molecule has 0 radical (unpaired) electrons. The molecule has 1 aliphatic rings. The molecule has 1 N–H and O–H groups in total. The van der Waals surface area contributed by atoms with Gasteiger partial charge in [-0.1, -0.05) is 12.5 Å². The Morgan fingerprint density at radius 2 is 1.97 bits per heavy atom. The second-order valence-electron chi connectivity index (χ2n) is 7.77. The maximum atomic E-state index is 13.0. The summed E-state index contributed by atoms with van der Waals surface area (Å²) >= 11 is 0. The van der Waals surface area contributed by atoms with Crippen molar-refractivity contribution in [1.29, 1.82) is 0 Å². The van der Waals surface area contributed by atoms with Crippen molar-refractivity contribution in [2.45, 2.75) is 19.3 Å². The third-order valence-corrected chi connectivity index (χ3v) is 5.60. The summed E-state index contributed by atoms with van der Waals surface area (Å²) in [5.41, 5.74) is 2.24. The number of likely N-dealkylation sites (tertiary alicyclic amines) is 1. The van der Waals surface area contributed by atoms with Crippen molar-refractivity contribution >= 4 is 11.6 Å². The van der Waals surface area contributed by atoms with Crippen LogP contribution in [0.3, 0.4) is 0 Å². The number of piperidine rings is 1. The highest BCUT2D eigenvalue weighted by Gasteiger charge is 2.20. The Kier molecular flexibility index (Phi) is 6.13. The molecule has 1 amide bonds. The molecule has 3 aromatic rings. The molecule has 162 valence electrons. The van der Waals surface area contributed by atoms with Crippen LogP contribution >= 0.6 is 0 Å². The van der Waals surface area contributed by atoms with Crippen LogP contribution in [0, 0.1) is 10.1 Å². The Hall–Kier alpha value is -3.46. The van der Waals surface area contributed by atoms with E-state index in [0.29, 0.717) is 23.6 Å². The lowest BCUT2D eigenvalue weighted by Crippen LogP contribution is -2.38. The number of rotatable bonds is 7. The fourth-order valence-electron chi connectivity index (χ4n) is 3.93. The predicted octanol–water partition coefficient (Wildman–Crippen LogP) is 3.00. The van der Waals surface area contributed by atoms with Crippen LogP contribution in [0.5, 0.6) is 0 Å². The molecule has 2 aromatic heterocycles. The molecule has 31 heavy (non-hydrogen) atoms. The zero-order valence-corrected chi connectivity index (χ0v) is 17.5. The molecule has 0 spiro atoms. The molecular formula is C22H26N6O3. The lowest BCUT2D eigenvalue weighted by molar-refractivity contribution is -0.384. The minimum Gasteiger partial charge on any atom is -0.349 e. The molecule has 9 heteroatoms. The first-order valence-electron chi connectivity index (χ1n) is 10.5. The zero-order chi connectivity index (χ0) is 21.8. The number of carbonyl (C=O) groups is 1. The van der Waals surface area contributed by atoms with Gasteiger partial charge in [0.25, 0.3) is 11.6 Å².